The van der Waals surface area contributed by atoms with Crippen LogP contribution in [0.15, 0.2) is 11.5 Å². The third-order valence-corrected chi connectivity index (χ3v) is 5.62. The Morgan fingerprint density at radius 2 is 2.05 bits per heavy atom. The van der Waals surface area contributed by atoms with Gasteiger partial charge in [-0.25, -0.2) is 0 Å². The Hall–Kier alpha value is -0.765. The molecule has 2 heterocycles. The number of nitrogens with zero attached hydrogens (tertiary/aromatic N) is 1. The monoisotopic (exact) mass is 263 g/mol. The molecule has 0 aromatic rings. The van der Waals surface area contributed by atoms with E-state index in [2.05, 4.69) is 40.7 Å². The molecule has 1 saturated heterocycles. The molecule has 3 nitrogen and oxygen atoms in total. The lowest BCUT2D eigenvalue weighted by molar-refractivity contribution is -0.128. The normalized spacial score (nSPS) is 29.4. The van der Waals surface area contributed by atoms with Gasteiger partial charge in [-0.1, -0.05) is 32.3 Å². The maximum atomic E-state index is 11.4. The number of carbonyl (C=O) groups excluding carboxylic acids is 1. The van der Waals surface area contributed by atoms with E-state index in [9.17, 15) is 4.79 Å². The minimum absolute atomic E-state index is 0.102. The quantitative estimate of drug-likeness (QED) is 0.681. The summed E-state index contributed by atoms with van der Waals surface area (Å²) in [6.45, 7) is 14.7. The topological polar surface area (TPSA) is 29.5 Å². The van der Waals surface area contributed by atoms with Crippen molar-refractivity contribution in [2.24, 2.45) is 5.41 Å². The van der Waals surface area contributed by atoms with E-state index in [0.717, 1.165) is 19.5 Å². The van der Waals surface area contributed by atoms with Gasteiger partial charge in [-0.3, -0.25) is 4.79 Å². The van der Waals surface area contributed by atoms with Crippen LogP contribution in [0.3, 0.4) is 0 Å². The van der Waals surface area contributed by atoms with E-state index >= 15 is 0 Å². The number of carbonyl (C=O) groups is 1. The minimum Gasteiger partial charge on any atom is -0.426 e. The van der Waals surface area contributed by atoms with E-state index in [1.54, 1.807) is 6.92 Å². The van der Waals surface area contributed by atoms with Gasteiger partial charge in [0.15, 0.2) is 0 Å². The zero-order valence-corrected chi connectivity index (χ0v) is 13.1. The van der Waals surface area contributed by atoms with Gasteiger partial charge in [-0.2, -0.15) is 0 Å². The van der Waals surface area contributed by atoms with E-state index in [-0.39, 0.29) is 23.8 Å². The molecule has 1 amide bonds. The third-order valence-electron chi connectivity index (χ3n) is 5.62. The molecule has 0 aromatic heterocycles. The summed E-state index contributed by atoms with van der Waals surface area (Å²) in [6.07, 6.45) is 3.14. The van der Waals surface area contributed by atoms with Gasteiger partial charge in [0, 0.05) is 20.0 Å². The first kappa shape index (κ1) is 14.6. The van der Waals surface area contributed by atoms with E-state index < -0.39 is 0 Å². The van der Waals surface area contributed by atoms with Crippen molar-refractivity contribution in [1.29, 1.82) is 0 Å². The van der Waals surface area contributed by atoms with Crippen LogP contribution in [-0.2, 0) is 9.45 Å². The molecule has 4 heteroatoms. The number of rotatable bonds is 1. The molecule has 2 aliphatic rings. The average Bonchev–Trinajstić information content (AvgIpc) is 2.49. The van der Waals surface area contributed by atoms with Crippen molar-refractivity contribution in [3.05, 3.63) is 11.5 Å². The Morgan fingerprint density at radius 3 is 2.42 bits per heavy atom. The van der Waals surface area contributed by atoms with Crippen molar-refractivity contribution in [3.8, 4) is 0 Å². The highest BCUT2D eigenvalue weighted by atomic mass is 16.5. The molecule has 0 bridgehead atoms. The molecule has 0 saturated carbocycles. The summed E-state index contributed by atoms with van der Waals surface area (Å²) in [7, 11) is 0. The molecule has 1 unspecified atom stereocenters. The van der Waals surface area contributed by atoms with Crippen LogP contribution in [0.1, 0.15) is 48.0 Å². The highest BCUT2D eigenvalue weighted by molar-refractivity contribution is 6.63. The second kappa shape index (κ2) is 4.66. The lowest BCUT2D eigenvalue weighted by Crippen LogP contribution is -2.36. The molecule has 2 rings (SSSR count). The van der Waals surface area contributed by atoms with Crippen molar-refractivity contribution >= 4 is 12.8 Å². The van der Waals surface area contributed by atoms with E-state index in [1.807, 2.05) is 4.90 Å². The molecule has 0 spiro atoms. The molecule has 0 N–H and O–H groups in total. The summed E-state index contributed by atoms with van der Waals surface area (Å²) >= 11 is 0. The van der Waals surface area contributed by atoms with E-state index in [0.29, 0.717) is 5.82 Å². The molecule has 1 fully saturated rings. The molecule has 0 aromatic carbocycles. The first-order chi connectivity index (χ1) is 8.67. The highest BCUT2D eigenvalue weighted by Crippen LogP contribution is 2.53. The third kappa shape index (κ3) is 2.35. The molecule has 0 aliphatic carbocycles. The Labute approximate surface area is 117 Å². The van der Waals surface area contributed by atoms with Crippen LogP contribution in [0.5, 0.6) is 0 Å². The van der Waals surface area contributed by atoms with Gasteiger partial charge < -0.3 is 9.55 Å². The van der Waals surface area contributed by atoms with Crippen molar-refractivity contribution in [3.63, 3.8) is 0 Å². The molecule has 0 radical (unpaired) electrons. The average molecular weight is 263 g/mol. The second-order valence-electron chi connectivity index (χ2n) is 7.05. The van der Waals surface area contributed by atoms with Gasteiger partial charge in [-0.05, 0) is 31.5 Å². The summed E-state index contributed by atoms with van der Waals surface area (Å²) < 4.78 is 6.34. The number of hydrogen-bond donors (Lipinski definition) is 0. The van der Waals surface area contributed by atoms with Crippen molar-refractivity contribution in [2.75, 3.05) is 13.1 Å². The zero-order chi connectivity index (χ0) is 14.4. The van der Waals surface area contributed by atoms with Crippen molar-refractivity contribution in [2.45, 2.75) is 59.4 Å². The summed E-state index contributed by atoms with van der Waals surface area (Å²) in [6, 6.07) is 0. The Balaban J connectivity index is 2.15. The van der Waals surface area contributed by atoms with Crippen LogP contribution >= 0.6 is 0 Å². The van der Waals surface area contributed by atoms with E-state index in [4.69, 9.17) is 4.65 Å². The predicted octanol–water partition coefficient (Wildman–Crippen LogP) is 2.92. The molecule has 2 aliphatic heterocycles. The van der Waals surface area contributed by atoms with Gasteiger partial charge in [0.25, 0.3) is 0 Å². The minimum atomic E-state index is -0.102. The lowest BCUT2D eigenvalue weighted by atomic mass is 9.45. The zero-order valence-electron chi connectivity index (χ0n) is 13.1. The maximum absolute atomic E-state index is 11.4. The van der Waals surface area contributed by atoms with Crippen LogP contribution in [0.2, 0.25) is 5.82 Å². The Kier molecular flexibility index (Phi) is 3.59. The lowest BCUT2D eigenvalue weighted by Gasteiger charge is -2.36. The van der Waals surface area contributed by atoms with Gasteiger partial charge in [0.1, 0.15) is 0 Å². The number of hydrogen-bond acceptors (Lipinski definition) is 2. The van der Waals surface area contributed by atoms with Crippen LogP contribution in [0.25, 0.3) is 0 Å². The summed E-state index contributed by atoms with van der Waals surface area (Å²) in [5.41, 5.74) is 1.44. The maximum Gasteiger partial charge on any atom is 0.326 e. The molecule has 1 atom stereocenters. The summed E-state index contributed by atoms with van der Waals surface area (Å²) in [5, 5.41) is 0. The highest BCUT2D eigenvalue weighted by Gasteiger charge is 2.55. The van der Waals surface area contributed by atoms with Crippen molar-refractivity contribution in [1.82, 2.24) is 4.90 Å². The van der Waals surface area contributed by atoms with Gasteiger partial charge in [-0.15, -0.1) is 0 Å². The second-order valence-corrected chi connectivity index (χ2v) is 7.05. The Morgan fingerprint density at radius 1 is 1.42 bits per heavy atom. The van der Waals surface area contributed by atoms with Crippen LogP contribution < -0.4 is 0 Å². The fourth-order valence-corrected chi connectivity index (χ4v) is 3.12. The van der Waals surface area contributed by atoms with Crippen molar-refractivity contribution < 1.29 is 9.45 Å². The standard InChI is InChI=1S/C15H26BNO2/c1-11-14(3,4)15(5,6)19-16(11)13-7-9-17(10-8-13)12(2)18/h7,11H,8-10H2,1-6H3. The van der Waals surface area contributed by atoms with E-state index in [1.165, 1.54) is 5.47 Å². The van der Waals surface area contributed by atoms with Crippen LogP contribution in [-0.4, -0.2) is 36.4 Å². The van der Waals surface area contributed by atoms with Gasteiger partial charge in [0.05, 0.1) is 5.60 Å². The Bertz CT molecular complexity index is 414. The summed E-state index contributed by atoms with van der Waals surface area (Å²) in [5.74, 6) is 0.661. The molecule has 19 heavy (non-hydrogen) atoms. The van der Waals surface area contributed by atoms with Crippen LogP contribution in [0, 0.1) is 5.41 Å². The fraction of sp³-hybridized carbons (Fsp3) is 0.800. The molecule has 106 valence electrons. The smallest absolute Gasteiger partial charge is 0.326 e. The first-order valence-electron chi connectivity index (χ1n) is 7.29. The first-order valence-corrected chi connectivity index (χ1v) is 7.29. The number of amides is 1. The molecular weight excluding hydrogens is 237 g/mol. The largest absolute Gasteiger partial charge is 0.426 e. The fourth-order valence-electron chi connectivity index (χ4n) is 3.12. The van der Waals surface area contributed by atoms with Gasteiger partial charge in [0.2, 0.25) is 5.91 Å². The van der Waals surface area contributed by atoms with Gasteiger partial charge >= 0.3 is 6.92 Å². The molecular formula is C15H26BNO2. The SMILES string of the molecule is CC(=O)N1CC=C(B2OC(C)(C)C(C)(C)C2C)CC1. The predicted molar refractivity (Wildman–Crippen MR) is 79.1 cm³/mol. The van der Waals surface area contributed by atoms with Crippen LogP contribution in [0.4, 0.5) is 0 Å². The summed E-state index contributed by atoms with van der Waals surface area (Å²) in [4.78, 5) is 13.3.